The van der Waals surface area contributed by atoms with Crippen LogP contribution in [0.1, 0.15) is 24.6 Å². The summed E-state index contributed by atoms with van der Waals surface area (Å²) in [5, 5.41) is 10.5. The second kappa shape index (κ2) is 5.75. The Bertz CT molecular complexity index is 559. The molecule has 0 aliphatic rings. The first kappa shape index (κ1) is 14.1. The summed E-state index contributed by atoms with van der Waals surface area (Å²) < 4.78 is 3.66. The second-order valence-electron chi connectivity index (χ2n) is 4.63. The van der Waals surface area contributed by atoms with Crippen molar-refractivity contribution in [2.45, 2.75) is 42.9 Å². The molecule has 0 aliphatic heterocycles. The predicted octanol–water partition coefficient (Wildman–Crippen LogP) is 1.29. The summed E-state index contributed by atoms with van der Waals surface area (Å²) in [5.74, 6) is 0. The molecule has 2 aromatic rings. The van der Waals surface area contributed by atoms with Crippen molar-refractivity contribution in [3.63, 3.8) is 0 Å². The monoisotopic (exact) mass is 280 g/mol. The highest BCUT2D eigenvalue weighted by atomic mass is 32.2. The summed E-state index contributed by atoms with van der Waals surface area (Å²) in [4.78, 5) is 4.24. The molecule has 2 rings (SSSR count). The van der Waals surface area contributed by atoms with Crippen LogP contribution in [0.3, 0.4) is 0 Å². The number of rotatable bonds is 5. The molecule has 7 heteroatoms. The summed E-state index contributed by atoms with van der Waals surface area (Å²) in [7, 11) is 3.84. The van der Waals surface area contributed by atoms with E-state index in [9.17, 15) is 0 Å². The summed E-state index contributed by atoms with van der Waals surface area (Å²) in [5.41, 5.74) is 8.33. The van der Waals surface area contributed by atoms with E-state index in [-0.39, 0.29) is 6.04 Å². The van der Waals surface area contributed by atoms with Gasteiger partial charge in [-0.05, 0) is 31.5 Å². The molecule has 0 radical (unpaired) electrons. The average Bonchev–Trinajstić information content (AvgIpc) is 2.88. The van der Waals surface area contributed by atoms with Gasteiger partial charge in [0.2, 0.25) is 0 Å². The van der Waals surface area contributed by atoms with Gasteiger partial charge in [0.05, 0.1) is 5.69 Å². The van der Waals surface area contributed by atoms with Gasteiger partial charge in [-0.3, -0.25) is 4.68 Å². The quantitative estimate of drug-likeness (QED) is 0.893. The first-order chi connectivity index (χ1) is 9.02. The molecule has 1 unspecified atom stereocenters. The minimum Gasteiger partial charge on any atom is -0.327 e. The summed E-state index contributed by atoms with van der Waals surface area (Å²) in [6.45, 7) is 4.13. The Morgan fingerprint density at radius 1 is 1.37 bits per heavy atom. The van der Waals surface area contributed by atoms with Crippen LogP contribution in [0, 0.1) is 6.92 Å². The molecule has 0 saturated heterocycles. The predicted molar refractivity (Wildman–Crippen MR) is 75.0 cm³/mol. The van der Waals surface area contributed by atoms with Gasteiger partial charge in [-0.15, -0.1) is 0 Å². The first-order valence-corrected chi connectivity index (χ1v) is 7.14. The van der Waals surface area contributed by atoms with Crippen LogP contribution < -0.4 is 5.73 Å². The fourth-order valence-electron chi connectivity index (χ4n) is 1.91. The Labute approximate surface area is 117 Å². The molecule has 0 bridgehead atoms. The lowest BCUT2D eigenvalue weighted by Crippen LogP contribution is -2.22. The van der Waals surface area contributed by atoms with Crippen molar-refractivity contribution in [2.24, 2.45) is 19.8 Å². The van der Waals surface area contributed by atoms with E-state index in [2.05, 4.69) is 22.1 Å². The minimum absolute atomic E-state index is 0.168. The van der Waals surface area contributed by atoms with E-state index in [0.29, 0.717) is 0 Å². The van der Waals surface area contributed by atoms with Crippen LogP contribution in [-0.2, 0) is 20.5 Å². The Morgan fingerprint density at radius 2 is 2.11 bits per heavy atom. The largest absolute Gasteiger partial charge is 0.327 e. The lowest BCUT2D eigenvalue weighted by Gasteiger charge is -2.10. The molecule has 0 spiro atoms. The number of nitrogens with two attached hydrogens (primary N) is 1. The topological polar surface area (TPSA) is 74.6 Å². The first-order valence-electron chi connectivity index (χ1n) is 6.32. The van der Waals surface area contributed by atoms with Gasteiger partial charge < -0.3 is 5.73 Å². The molecule has 2 heterocycles. The highest BCUT2D eigenvalue weighted by molar-refractivity contribution is 7.99. The van der Waals surface area contributed by atoms with Gasteiger partial charge in [-0.2, -0.15) is 10.2 Å². The van der Waals surface area contributed by atoms with E-state index < -0.39 is 0 Å². The molecule has 0 aromatic carbocycles. The highest BCUT2D eigenvalue weighted by Crippen LogP contribution is 2.30. The lowest BCUT2D eigenvalue weighted by molar-refractivity contribution is 0.629. The maximum atomic E-state index is 6.08. The van der Waals surface area contributed by atoms with Gasteiger partial charge in [-0.1, -0.05) is 6.92 Å². The molecular weight excluding hydrogens is 260 g/mol. The highest BCUT2D eigenvalue weighted by Gasteiger charge is 2.18. The zero-order chi connectivity index (χ0) is 14.0. The van der Waals surface area contributed by atoms with Crippen molar-refractivity contribution < 1.29 is 0 Å². The molecule has 0 fully saturated rings. The normalized spacial score (nSPS) is 12.9. The maximum absolute atomic E-state index is 6.08. The van der Waals surface area contributed by atoms with Gasteiger partial charge in [0.1, 0.15) is 11.4 Å². The molecule has 0 saturated carbocycles. The Balaban J connectivity index is 2.31. The average molecular weight is 280 g/mol. The summed E-state index contributed by atoms with van der Waals surface area (Å²) in [6.07, 6.45) is 3.36. The Hall–Kier alpha value is -1.34. The van der Waals surface area contributed by atoms with E-state index >= 15 is 0 Å². The number of aryl methyl sites for hydroxylation is 3. The van der Waals surface area contributed by atoms with Crippen molar-refractivity contribution >= 4 is 11.8 Å². The third-order valence-electron chi connectivity index (χ3n) is 3.14. The van der Waals surface area contributed by atoms with E-state index in [0.717, 1.165) is 28.7 Å². The van der Waals surface area contributed by atoms with Crippen molar-refractivity contribution in [2.75, 3.05) is 0 Å². The second-order valence-corrected chi connectivity index (χ2v) is 5.59. The molecule has 104 valence electrons. The number of hydrogen-bond acceptors (Lipinski definition) is 5. The molecule has 2 aromatic heterocycles. The summed E-state index contributed by atoms with van der Waals surface area (Å²) in [6, 6.07) is 0.168. The van der Waals surface area contributed by atoms with E-state index in [1.54, 1.807) is 22.8 Å². The SMILES string of the molecule is CCC(N)Cc1c(C)nn(C)c1Sc1ncnn1C. The molecule has 0 amide bonds. The minimum atomic E-state index is 0.168. The van der Waals surface area contributed by atoms with Gasteiger partial charge in [-0.25, -0.2) is 9.67 Å². The molecular formula is C12H20N6S. The van der Waals surface area contributed by atoms with Crippen molar-refractivity contribution in [3.05, 3.63) is 17.6 Å². The smallest absolute Gasteiger partial charge is 0.192 e. The van der Waals surface area contributed by atoms with Crippen LogP contribution in [0.2, 0.25) is 0 Å². The maximum Gasteiger partial charge on any atom is 0.192 e. The van der Waals surface area contributed by atoms with E-state index in [1.807, 2.05) is 25.7 Å². The molecule has 2 N–H and O–H groups in total. The standard InChI is InChI=1S/C12H20N6S/c1-5-9(13)6-10-8(2)16-17(3)11(10)19-12-14-7-15-18(12)4/h7,9H,5-6,13H2,1-4H3. The molecule has 19 heavy (non-hydrogen) atoms. The molecule has 0 aliphatic carbocycles. The van der Waals surface area contributed by atoms with Crippen molar-refractivity contribution in [1.82, 2.24) is 24.5 Å². The number of nitrogens with zero attached hydrogens (tertiary/aromatic N) is 5. The van der Waals surface area contributed by atoms with E-state index in [1.165, 1.54) is 5.56 Å². The Morgan fingerprint density at radius 3 is 2.68 bits per heavy atom. The zero-order valence-corrected chi connectivity index (χ0v) is 12.6. The van der Waals surface area contributed by atoms with Crippen LogP contribution in [0.4, 0.5) is 0 Å². The van der Waals surface area contributed by atoms with Gasteiger partial charge in [0.25, 0.3) is 0 Å². The van der Waals surface area contributed by atoms with Crippen molar-refractivity contribution in [3.8, 4) is 0 Å². The summed E-state index contributed by atoms with van der Waals surface area (Å²) >= 11 is 1.58. The van der Waals surface area contributed by atoms with Crippen LogP contribution >= 0.6 is 11.8 Å². The van der Waals surface area contributed by atoms with Crippen LogP contribution in [0.5, 0.6) is 0 Å². The third kappa shape index (κ3) is 2.98. The fourth-order valence-corrected chi connectivity index (χ4v) is 2.89. The number of aromatic nitrogens is 5. The van der Waals surface area contributed by atoms with Crippen molar-refractivity contribution in [1.29, 1.82) is 0 Å². The van der Waals surface area contributed by atoms with Gasteiger partial charge in [0, 0.05) is 25.7 Å². The fraction of sp³-hybridized carbons (Fsp3) is 0.583. The van der Waals surface area contributed by atoms with Crippen LogP contribution in [0.15, 0.2) is 16.5 Å². The van der Waals surface area contributed by atoms with Crippen LogP contribution in [-0.4, -0.2) is 30.6 Å². The molecule has 1 atom stereocenters. The third-order valence-corrected chi connectivity index (χ3v) is 4.39. The van der Waals surface area contributed by atoms with Gasteiger partial charge >= 0.3 is 0 Å². The van der Waals surface area contributed by atoms with Crippen LogP contribution in [0.25, 0.3) is 0 Å². The zero-order valence-electron chi connectivity index (χ0n) is 11.8. The van der Waals surface area contributed by atoms with Gasteiger partial charge in [0.15, 0.2) is 5.16 Å². The number of hydrogen-bond donors (Lipinski definition) is 1. The lowest BCUT2D eigenvalue weighted by atomic mass is 10.1. The van der Waals surface area contributed by atoms with E-state index in [4.69, 9.17) is 5.73 Å². The Kier molecular flexibility index (Phi) is 4.26. The molecule has 6 nitrogen and oxygen atoms in total.